The van der Waals surface area contributed by atoms with E-state index in [0.717, 1.165) is 12.1 Å². The minimum atomic E-state index is -4.51. The van der Waals surface area contributed by atoms with E-state index in [-0.39, 0.29) is 17.0 Å². The van der Waals surface area contributed by atoms with Crippen LogP contribution in [0.2, 0.25) is 10.0 Å². The average molecular weight is 527 g/mol. The average Bonchev–Trinajstić information content (AvgIpc) is 3.15. The topological polar surface area (TPSA) is 84.2 Å². The number of thioether (sulfide) groups is 1. The van der Waals surface area contributed by atoms with Gasteiger partial charge in [0.25, 0.3) is 5.91 Å². The Morgan fingerprint density at radius 1 is 1.12 bits per heavy atom. The largest absolute Gasteiger partial charge is 0.417 e. The summed E-state index contributed by atoms with van der Waals surface area (Å²) < 4.78 is 39.7. The summed E-state index contributed by atoms with van der Waals surface area (Å²) in [7, 11) is 0. The molecule has 0 bridgehead atoms. The van der Waals surface area contributed by atoms with E-state index in [1.807, 2.05) is 6.92 Å². The number of fused-ring (bicyclic) bond motifs is 1. The zero-order valence-corrected chi connectivity index (χ0v) is 19.6. The standard InChI is InChI=1S/C21H15Cl2F3N6OS/c1-2-34-20-17(19(33)30-29-16-4-3-12(10-28-16)21(24,25)26)18-27-6-5-15(32(18)31-20)11-7-13(22)9-14(23)8-11/h3-10H,2H2,1H3,(H,28,29)(H,30,33). The maximum absolute atomic E-state index is 13.0. The van der Waals surface area contributed by atoms with Crippen molar-refractivity contribution < 1.29 is 18.0 Å². The first kappa shape index (κ1) is 24.1. The number of carbonyl (C=O) groups excluding carboxylic acids is 1. The molecule has 0 aliphatic rings. The van der Waals surface area contributed by atoms with Crippen molar-refractivity contribution in [3.63, 3.8) is 0 Å². The first-order chi connectivity index (χ1) is 16.2. The first-order valence-corrected chi connectivity index (χ1v) is 11.5. The second-order valence-electron chi connectivity index (χ2n) is 6.85. The van der Waals surface area contributed by atoms with Gasteiger partial charge in [0, 0.05) is 28.0 Å². The van der Waals surface area contributed by atoms with Crippen molar-refractivity contribution in [2.24, 2.45) is 0 Å². The van der Waals surface area contributed by atoms with Crippen molar-refractivity contribution >= 4 is 52.3 Å². The highest BCUT2D eigenvalue weighted by atomic mass is 35.5. The maximum atomic E-state index is 13.0. The van der Waals surface area contributed by atoms with Crippen LogP contribution in [0.5, 0.6) is 0 Å². The molecule has 3 heterocycles. The molecule has 3 aromatic heterocycles. The predicted octanol–water partition coefficient (Wildman–Crippen LogP) is 5.99. The molecule has 4 aromatic rings. The number of halogens is 5. The van der Waals surface area contributed by atoms with Crippen LogP contribution in [0.4, 0.5) is 19.0 Å². The van der Waals surface area contributed by atoms with Crippen molar-refractivity contribution in [2.45, 2.75) is 18.1 Å². The zero-order valence-electron chi connectivity index (χ0n) is 17.3. The Hall–Kier alpha value is -3.02. The summed E-state index contributed by atoms with van der Waals surface area (Å²) in [6, 6.07) is 8.72. The molecule has 0 saturated heterocycles. The van der Waals surface area contributed by atoms with Gasteiger partial charge in [-0.1, -0.05) is 30.1 Å². The molecule has 0 saturated carbocycles. The fourth-order valence-electron chi connectivity index (χ4n) is 3.10. The molecule has 2 N–H and O–H groups in total. The fraction of sp³-hybridized carbons (Fsp3) is 0.143. The molecular formula is C21H15Cl2F3N6OS. The van der Waals surface area contributed by atoms with Gasteiger partial charge in [-0.3, -0.25) is 15.6 Å². The maximum Gasteiger partial charge on any atom is 0.417 e. The normalized spacial score (nSPS) is 11.6. The molecule has 7 nitrogen and oxygen atoms in total. The number of pyridine rings is 1. The van der Waals surface area contributed by atoms with Crippen LogP contribution >= 0.6 is 35.0 Å². The van der Waals surface area contributed by atoms with Gasteiger partial charge in [0.15, 0.2) is 5.65 Å². The third kappa shape index (κ3) is 5.06. The third-order valence-electron chi connectivity index (χ3n) is 4.55. The number of alkyl halides is 3. The highest BCUT2D eigenvalue weighted by Gasteiger charge is 2.30. The van der Waals surface area contributed by atoms with Gasteiger partial charge in [0.2, 0.25) is 0 Å². The number of nitrogens with one attached hydrogen (secondary N) is 2. The van der Waals surface area contributed by atoms with E-state index < -0.39 is 17.6 Å². The van der Waals surface area contributed by atoms with Crippen LogP contribution in [0.1, 0.15) is 22.8 Å². The molecule has 176 valence electrons. The van der Waals surface area contributed by atoms with Gasteiger partial charge in [0.05, 0.1) is 11.3 Å². The molecule has 1 aromatic carbocycles. The molecule has 0 atom stereocenters. The van der Waals surface area contributed by atoms with Crippen molar-refractivity contribution in [1.29, 1.82) is 0 Å². The molecule has 0 spiro atoms. The number of rotatable bonds is 6. The van der Waals surface area contributed by atoms with E-state index in [2.05, 4.69) is 25.9 Å². The lowest BCUT2D eigenvalue weighted by molar-refractivity contribution is -0.137. The summed E-state index contributed by atoms with van der Waals surface area (Å²) in [4.78, 5) is 21.0. The number of carbonyl (C=O) groups is 1. The Balaban J connectivity index is 1.67. The van der Waals surface area contributed by atoms with Crippen molar-refractivity contribution in [2.75, 3.05) is 11.2 Å². The van der Waals surface area contributed by atoms with Gasteiger partial charge in [-0.25, -0.2) is 14.5 Å². The number of anilines is 1. The molecular weight excluding hydrogens is 512 g/mol. The quantitative estimate of drug-likeness (QED) is 0.237. The third-order valence-corrected chi connectivity index (χ3v) is 5.83. The van der Waals surface area contributed by atoms with Gasteiger partial charge < -0.3 is 0 Å². The van der Waals surface area contributed by atoms with E-state index in [1.165, 1.54) is 22.5 Å². The van der Waals surface area contributed by atoms with Crippen LogP contribution in [0, 0.1) is 0 Å². The minimum absolute atomic E-state index is 0.0322. The van der Waals surface area contributed by atoms with E-state index in [1.54, 1.807) is 24.3 Å². The van der Waals surface area contributed by atoms with Gasteiger partial charge >= 0.3 is 6.18 Å². The molecule has 0 unspecified atom stereocenters. The van der Waals surface area contributed by atoms with Gasteiger partial charge in [-0.2, -0.15) is 18.3 Å². The van der Waals surface area contributed by atoms with Gasteiger partial charge in [0.1, 0.15) is 16.4 Å². The Kier molecular flexibility index (Phi) is 6.87. The Morgan fingerprint density at radius 3 is 2.47 bits per heavy atom. The minimum Gasteiger partial charge on any atom is -0.282 e. The van der Waals surface area contributed by atoms with E-state index in [0.29, 0.717) is 38.3 Å². The highest BCUT2D eigenvalue weighted by molar-refractivity contribution is 7.99. The molecule has 0 radical (unpaired) electrons. The molecule has 0 fully saturated rings. The summed E-state index contributed by atoms with van der Waals surface area (Å²) in [6.45, 7) is 1.91. The summed E-state index contributed by atoms with van der Waals surface area (Å²) in [5.41, 5.74) is 5.84. The van der Waals surface area contributed by atoms with Crippen molar-refractivity contribution in [1.82, 2.24) is 25.0 Å². The number of benzene rings is 1. The van der Waals surface area contributed by atoms with Crippen LogP contribution in [-0.2, 0) is 6.18 Å². The van der Waals surface area contributed by atoms with Gasteiger partial charge in [-0.15, -0.1) is 11.8 Å². The van der Waals surface area contributed by atoms with Crippen LogP contribution in [0.25, 0.3) is 16.9 Å². The Bertz CT molecular complexity index is 1340. The Morgan fingerprint density at radius 2 is 1.85 bits per heavy atom. The molecule has 34 heavy (non-hydrogen) atoms. The second kappa shape index (κ2) is 9.69. The lowest BCUT2D eigenvalue weighted by Gasteiger charge is -2.10. The molecule has 4 rings (SSSR count). The molecule has 1 amide bonds. The lowest BCUT2D eigenvalue weighted by Crippen LogP contribution is -2.30. The SMILES string of the molecule is CCSc1nn2c(-c3cc(Cl)cc(Cl)c3)ccnc2c1C(=O)NNc1ccc(C(F)(F)F)cn1. The number of hydrogen-bond donors (Lipinski definition) is 2. The van der Waals surface area contributed by atoms with E-state index in [4.69, 9.17) is 23.2 Å². The van der Waals surface area contributed by atoms with E-state index in [9.17, 15) is 18.0 Å². The summed E-state index contributed by atoms with van der Waals surface area (Å²) in [5.74, 6) is 0.0854. The Labute approximate surface area is 205 Å². The van der Waals surface area contributed by atoms with E-state index >= 15 is 0 Å². The molecule has 0 aliphatic heterocycles. The summed E-state index contributed by atoms with van der Waals surface area (Å²) in [6.07, 6.45) is -2.30. The van der Waals surface area contributed by atoms with Crippen LogP contribution in [-0.4, -0.2) is 31.2 Å². The van der Waals surface area contributed by atoms with Crippen LogP contribution < -0.4 is 10.9 Å². The number of hydrogen-bond acceptors (Lipinski definition) is 6. The number of nitrogens with zero attached hydrogens (tertiary/aromatic N) is 4. The number of aromatic nitrogens is 4. The second-order valence-corrected chi connectivity index (χ2v) is 8.97. The highest BCUT2D eigenvalue weighted by Crippen LogP contribution is 2.31. The lowest BCUT2D eigenvalue weighted by atomic mass is 10.1. The summed E-state index contributed by atoms with van der Waals surface area (Å²) >= 11 is 13.6. The van der Waals surface area contributed by atoms with Crippen molar-refractivity contribution in [3.05, 3.63) is 70.0 Å². The summed E-state index contributed by atoms with van der Waals surface area (Å²) in [5, 5.41) is 5.86. The zero-order chi connectivity index (χ0) is 24.5. The van der Waals surface area contributed by atoms with Crippen LogP contribution in [0.3, 0.4) is 0 Å². The fourth-order valence-corrected chi connectivity index (χ4v) is 4.37. The predicted molar refractivity (Wildman–Crippen MR) is 125 cm³/mol. The molecule has 0 aliphatic carbocycles. The number of hydrazine groups is 1. The monoisotopic (exact) mass is 526 g/mol. The van der Waals surface area contributed by atoms with Gasteiger partial charge in [-0.05, 0) is 42.2 Å². The molecule has 13 heteroatoms. The van der Waals surface area contributed by atoms with Crippen LogP contribution in [0.15, 0.2) is 53.8 Å². The van der Waals surface area contributed by atoms with Crippen molar-refractivity contribution in [3.8, 4) is 11.3 Å². The smallest absolute Gasteiger partial charge is 0.282 e. The first-order valence-electron chi connectivity index (χ1n) is 9.74. The number of amides is 1.